The Balaban J connectivity index is 2.83. The van der Waals surface area contributed by atoms with Crippen molar-refractivity contribution in [2.45, 2.75) is 30.4 Å². The van der Waals surface area contributed by atoms with Crippen LogP contribution < -0.4 is 0 Å². The van der Waals surface area contributed by atoms with Gasteiger partial charge in [-0.1, -0.05) is 31.4 Å². The molecule has 1 aromatic heterocycles. The number of aliphatic hydroxyl groups is 1. The van der Waals surface area contributed by atoms with Crippen LogP contribution in [0.15, 0.2) is 16.3 Å². The first-order chi connectivity index (χ1) is 8.52. The molecule has 7 heteroatoms. The zero-order chi connectivity index (χ0) is 13.6. The lowest BCUT2D eigenvalue weighted by Crippen LogP contribution is -2.34. The number of rotatable bonds is 8. The molecule has 18 heavy (non-hydrogen) atoms. The molecule has 0 atom stereocenters. The molecule has 0 aliphatic rings. The normalized spacial score (nSPS) is 12.2. The Morgan fingerprint density at radius 3 is 2.56 bits per heavy atom. The molecule has 0 bridgehead atoms. The molecule has 0 amide bonds. The van der Waals surface area contributed by atoms with Crippen LogP contribution in [0.25, 0.3) is 0 Å². The molecular weight excluding hydrogens is 294 g/mol. The minimum absolute atomic E-state index is 0.127. The molecule has 1 N–H and O–H groups in total. The van der Waals surface area contributed by atoms with E-state index in [2.05, 4.69) is 6.92 Å². The number of halogens is 1. The highest BCUT2D eigenvalue weighted by atomic mass is 35.5. The van der Waals surface area contributed by atoms with E-state index in [9.17, 15) is 8.42 Å². The number of aliphatic hydroxyl groups excluding tert-OH is 1. The number of thiophene rings is 1. The third-order valence-electron chi connectivity index (χ3n) is 2.50. The third-order valence-corrected chi connectivity index (χ3v) is 6.10. The quantitative estimate of drug-likeness (QED) is 0.751. The number of unbranched alkanes of at least 4 members (excludes halogenated alkanes) is 2. The van der Waals surface area contributed by atoms with E-state index in [1.165, 1.54) is 10.4 Å². The van der Waals surface area contributed by atoms with Gasteiger partial charge < -0.3 is 5.11 Å². The van der Waals surface area contributed by atoms with E-state index in [0.29, 0.717) is 10.9 Å². The van der Waals surface area contributed by atoms with Gasteiger partial charge in [-0.25, -0.2) is 8.42 Å². The van der Waals surface area contributed by atoms with Crippen LogP contribution in [-0.4, -0.2) is 37.5 Å². The average molecular weight is 312 g/mol. The summed E-state index contributed by atoms with van der Waals surface area (Å²) in [5, 5.41) is 8.98. The Morgan fingerprint density at radius 1 is 1.33 bits per heavy atom. The van der Waals surface area contributed by atoms with Gasteiger partial charge in [0.2, 0.25) is 0 Å². The maximum absolute atomic E-state index is 12.3. The summed E-state index contributed by atoms with van der Waals surface area (Å²) >= 11 is 6.80. The molecule has 0 aromatic carbocycles. The Morgan fingerprint density at radius 2 is 2.06 bits per heavy atom. The van der Waals surface area contributed by atoms with Crippen molar-refractivity contribution in [1.29, 1.82) is 0 Å². The van der Waals surface area contributed by atoms with Gasteiger partial charge in [-0.05, 0) is 18.6 Å². The molecule has 104 valence electrons. The minimum atomic E-state index is -3.52. The number of hydrogen-bond acceptors (Lipinski definition) is 4. The Bertz CT molecular complexity index is 459. The molecule has 1 aromatic rings. The highest BCUT2D eigenvalue weighted by molar-refractivity contribution is 7.91. The van der Waals surface area contributed by atoms with E-state index in [1.54, 1.807) is 6.07 Å². The molecule has 0 aliphatic heterocycles. The van der Waals surface area contributed by atoms with E-state index in [1.807, 2.05) is 0 Å². The second kappa shape index (κ2) is 7.45. The van der Waals surface area contributed by atoms with Gasteiger partial charge in [-0.2, -0.15) is 4.31 Å². The van der Waals surface area contributed by atoms with Crippen LogP contribution in [0.1, 0.15) is 26.2 Å². The van der Waals surface area contributed by atoms with Gasteiger partial charge >= 0.3 is 0 Å². The molecule has 0 aliphatic carbocycles. The van der Waals surface area contributed by atoms with Gasteiger partial charge in [0.1, 0.15) is 4.21 Å². The van der Waals surface area contributed by atoms with Gasteiger partial charge in [0.15, 0.2) is 0 Å². The lowest BCUT2D eigenvalue weighted by atomic mass is 10.2. The summed E-state index contributed by atoms with van der Waals surface area (Å²) in [4.78, 5) is 0. The summed E-state index contributed by atoms with van der Waals surface area (Å²) in [6, 6.07) is 3.08. The van der Waals surface area contributed by atoms with E-state index in [-0.39, 0.29) is 17.4 Å². The second-order valence-electron chi connectivity index (χ2n) is 3.89. The van der Waals surface area contributed by atoms with E-state index < -0.39 is 10.0 Å². The van der Waals surface area contributed by atoms with Crippen LogP contribution in [0.2, 0.25) is 4.34 Å². The monoisotopic (exact) mass is 311 g/mol. The fourth-order valence-electron chi connectivity index (χ4n) is 1.57. The first-order valence-corrected chi connectivity index (χ1v) is 8.52. The largest absolute Gasteiger partial charge is 0.395 e. The van der Waals surface area contributed by atoms with Gasteiger partial charge in [0, 0.05) is 13.1 Å². The fourth-order valence-corrected chi connectivity index (χ4v) is 4.67. The zero-order valence-corrected chi connectivity index (χ0v) is 12.7. The Kier molecular flexibility index (Phi) is 6.59. The molecule has 1 rings (SSSR count). The lowest BCUT2D eigenvalue weighted by molar-refractivity contribution is 0.252. The molecule has 4 nitrogen and oxygen atoms in total. The molecule has 0 saturated carbocycles. The number of nitrogens with zero attached hydrogens (tertiary/aromatic N) is 1. The summed E-state index contributed by atoms with van der Waals surface area (Å²) in [6.45, 7) is 2.45. The van der Waals surface area contributed by atoms with Crippen LogP contribution in [0.4, 0.5) is 0 Å². The highest BCUT2D eigenvalue weighted by Gasteiger charge is 2.25. The van der Waals surface area contributed by atoms with Crippen LogP contribution in [0.5, 0.6) is 0 Å². The van der Waals surface area contributed by atoms with Crippen molar-refractivity contribution >= 4 is 33.0 Å². The molecule has 0 unspecified atom stereocenters. The van der Waals surface area contributed by atoms with E-state index in [4.69, 9.17) is 16.7 Å². The summed E-state index contributed by atoms with van der Waals surface area (Å²) in [5.74, 6) is 0. The third kappa shape index (κ3) is 4.20. The van der Waals surface area contributed by atoms with Crippen molar-refractivity contribution in [3.05, 3.63) is 16.5 Å². The predicted octanol–water partition coefficient (Wildman–Crippen LogP) is 2.57. The standard InChI is InChI=1S/C11H18ClNO3S2/c1-2-3-4-7-13(8-9-14)18(15,16)11-6-5-10(12)17-11/h5-6,14H,2-4,7-9H2,1H3. The fraction of sp³-hybridized carbons (Fsp3) is 0.636. The maximum Gasteiger partial charge on any atom is 0.252 e. The molecule has 0 spiro atoms. The van der Waals surface area contributed by atoms with Gasteiger partial charge in [-0.15, -0.1) is 11.3 Å². The SMILES string of the molecule is CCCCCN(CCO)S(=O)(=O)c1ccc(Cl)s1. The Labute approximate surface area is 117 Å². The summed E-state index contributed by atoms with van der Waals surface area (Å²) < 4.78 is 26.6. The number of sulfonamides is 1. The predicted molar refractivity (Wildman–Crippen MR) is 74.7 cm³/mol. The molecule has 0 saturated heterocycles. The first kappa shape index (κ1) is 15.9. The minimum Gasteiger partial charge on any atom is -0.395 e. The van der Waals surface area contributed by atoms with Crippen LogP contribution in [0.3, 0.4) is 0 Å². The summed E-state index contributed by atoms with van der Waals surface area (Å²) in [7, 11) is -3.52. The van der Waals surface area contributed by atoms with E-state index >= 15 is 0 Å². The van der Waals surface area contributed by atoms with Crippen LogP contribution in [-0.2, 0) is 10.0 Å². The van der Waals surface area contributed by atoms with Crippen molar-refractivity contribution in [2.24, 2.45) is 0 Å². The first-order valence-electron chi connectivity index (χ1n) is 5.88. The van der Waals surface area contributed by atoms with Crippen LogP contribution >= 0.6 is 22.9 Å². The van der Waals surface area contributed by atoms with Crippen molar-refractivity contribution in [3.63, 3.8) is 0 Å². The van der Waals surface area contributed by atoms with Crippen LogP contribution in [0, 0.1) is 0 Å². The lowest BCUT2D eigenvalue weighted by Gasteiger charge is -2.20. The molecule has 1 heterocycles. The van der Waals surface area contributed by atoms with E-state index in [0.717, 1.165) is 30.6 Å². The molecule has 0 radical (unpaired) electrons. The van der Waals surface area contributed by atoms with Gasteiger partial charge in [-0.3, -0.25) is 0 Å². The highest BCUT2D eigenvalue weighted by Crippen LogP contribution is 2.28. The van der Waals surface area contributed by atoms with Crippen molar-refractivity contribution in [2.75, 3.05) is 19.7 Å². The molecule has 0 fully saturated rings. The van der Waals surface area contributed by atoms with Crippen molar-refractivity contribution < 1.29 is 13.5 Å². The molecular formula is C11H18ClNO3S2. The smallest absolute Gasteiger partial charge is 0.252 e. The number of hydrogen-bond donors (Lipinski definition) is 1. The topological polar surface area (TPSA) is 57.6 Å². The average Bonchev–Trinajstić information content (AvgIpc) is 2.75. The van der Waals surface area contributed by atoms with Gasteiger partial charge in [0.05, 0.1) is 10.9 Å². The summed E-state index contributed by atoms with van der Waals surface area (Å²) in [5.41, 5.74) is 0. The summed E-state index contributed by atoms with van der Waals surface area (Å²) in [6.07, 6.45) is 2.80. The second-order valence-corrected chi connectivity index (χ2v) is 7.77. The van der Waals surface area contributed by atoms with Gasteiger partial charge in [0.25, 0.3) is 10.0 Å². The van der Waals surface area contributed by atoms with Crippen molar-refractivity contribution in [1.82, 2.24) is 4.31 Å². The van der Waals surface area contributed by atoms with Crippen molar-refractivity contribution in [3.8, 4) is 0 Å². The maximum atomic E-state index is 12.3. The zero-order valence-electron chi connectivity index (χ0n) is 10.3. The Hall–Kier alpha value is -0.140.